The fraction of sp³-hybridized carbons (Fsp3) is 0.462. The summed E-state index contributed by atoms with van der Waals surface area (Å²) in [5.41, 5.74) is 2.55. The monoisotopic (exact) mass is 465 g/mol. The van der Waals surface area contributed by atoms with Crippen molar-refractivity contribution in [3.05, 3.63) is 58.0 Å². The number of phenols is 2. The molecule has 0 aliphatic carbocycles. The number of hydrogen-bond donors (Lipinski definition) is 3. The number of unbranched alkanes of at least 4 members (excludes halogenated alkanes) is 1. The molecule has 182 valence electrons. The standard InChI is InChI=1S/C26H35N5O3/c1-4-5-10-29-11-13-30(14-12-29)17-19-6-8-20(9-7-19)31-25(27-28-26(31)34)22-15-21(18(2)3)23(32)16-24(22)33/h6-9,15-16,18,32-33H,4-5,10-14,17H2,1-3H3,(H,28,34). The Bertz CT molecular complexity index is 1160. The van der Waals surface area contributed by atoms with E-state index in [-0.39, 0.29) is 23.1 Å². The number of hydrogen-bond acceptors (Lipinski definition) is 6. The number of aromatic amines is 1. The predicted octanol–water partition coefficient (Wildman–Crippen LogP) is 3.68. The van der Waals surface area contributed by atoms with Crippen molar-refractivity contribution < 1.29 is 10.2 Å². The summed E-state index contributed by atoms with van der Waals surface area (Å²) < 4.78 is 1.45. The molecule has 1 aliphatic rings. The van der Waals surface area contributed by atoms with E-state index in [0.717, 1.165) is 32.7 Å². The van der Waals surface area contributed by atoms with Crippen LogP contribution >= 0.6 is 0 Å². The van der Waals surface area contributed by atoms with Gasteiger partial charge in [-0.1, -0.05) is 39.3 Å². The van der Waals surface area contributed by atoms with Crippen LogP contribution in [0.4, 0.5) is 0 Å². The zero-order chi connectivity index (χ0) is 24.2. The van der Waals surface area contributed by atoms with Gasteiger partial charge in [0.1, 0.15) is 11.5 Å². The summed E-state index contributed by atoms with van der Waals surface area (Å²) in [7, 11) is 0. The average molecular weight is 466 g/mol. The van der Waals surface area contributed by atoms with Crippen molar-refractivity contribution in [1.82, 2.24) is 24.6 Å². The number of rotatable bonds is 8. The van der Waals surface area contributed by atoms with Gasteiger partial charge in [-0.3, -0.25) is 4.90 Å². The molecule has 3 aromatic rings. The highest BCUT2D eigenvalue weighted by molar-refractivity contribution is 5.69. The van der Waals surface area contributed by atoms with Gasteiger partial charge in [-0.2, -0.15) is 5.10 Å². The summed E-state index contributed by atoms with van der Waals surface area (Å²) >= 11 is 0. The van der Waals surface area contributed by atoms with E-state index in [1.54, 1.807) is 6.07 Å². The summed E-state index contributed by atoms with van der Waals surface area (Å²) in [5, 5.41) is 27.3. The molecule has 3 N–H and O–H groups in total. The minimum Gasteiger partial charge on any atom is -0.508 e. The third-order valence-electron chi connectivity index (χ3n) is 6.57. The summed E-state index contributed by atoms with van der Waals surface area (Å²) in [5.74, 6) is 0.250. The minimum atomic E-state index is -0.385. The quantitative estimate of drug-likeness (QED) is 0.470. The van der Waals surface area contributed by atoms with E-state index in [2.05, 4.69) is 26.9 Å². The summed E-state index contributed by atoms with van der Waals surface area (Å²) in [4.78, 5) is 17.6. The van der Waals surface area contributed by atoms with Crippen LogP contribution in [-0.4, -0.2) is 67.5 Å². The Hall–Kier alpha value is -3.10. The number of nitrogens with one attached hydrogen (secondary N) is 1. The van der Waals surface area contributed by atoms with Crippen molar-refractivity contribution in [2.45, 2.75) is 46.1 Å². The highest BCUT2D eigenvalue weighted by Gasteiger charge is 2.20. The van der Waals surface area contributed by atoms with E-state index >= 15 is 0 Å². The van der Waals surface area contributed by atoms with Gasteiger partial charge >= 0.3 is 5.69 Å². The van der Waals surface area contributed by atoms with Gasteiger partial charge in [0.05, 0.1) is 11.3 Å². The molecule has 2 heterocycles. The number of nitrogens with zero attached hydrogens (tertiary/aromatic N) is 4. The Morgan fingerprint density at radius 3 is 2.32 bits per heavy atom. The molecule has 0 spiro atoms. The molecule has 0 unspecified atom stereocenters. The number of benzene rings is 2. The van der Waals surface area contributed by atoms with Gasteiger partial charge in [0.25, 0.3) is 0 Å². The van der Waals surface area contributed by atoms with Crippen molar-refractivity contribution in [2.75, 3.05) is 32.7 Å². The van der Waals surface area contributed by atoms with Gasteiger partial charge < -0.3 is 15.1 Å². The van der Waals surface area contributed by atoms with E-state index in [9.17, 15) is 15.0 Å². The second kappa shape index (κ2) is 10.4. The number of aromatic nitrogens is 3. The van der Waals surface area contributed by atoms with Gasteiger partial charge in [0.15, 0.2) is 5.82 Å². The van der Waals surface area contributed by atoms with Crippen LogP contribution in [0.15, 0.2) is 41.2 Å². The van der Waals surface area contributed by atoms with Crippen molar-refractivity contribution >= 4 is 0 Å². The van der Waals surface area contributed by atoms with Crippen molar-refractivity contribution in [2.24, 2.45) is 0 Å². The molecule has 8 nitrogen and oxygen atoms in total. The molecule has 2 aromatic carbocycles. The normalized spacial score (nSPS) is 15.3. The lowest BCUT2D eigenvalue weighted by Crippen LogP contribution is -2.46. The first-order valence-electron chi connectivity index (χ1n) is 12.1. The second-order valence-corrected chi connectivity index (χ2v) is 9.41. The summed E-state index contributed by atoms with van der Waals surface area (Å²) in [6.07, 6.45) is 2.50. The van der Waals surface area contributed by atoms with Gasteiger partial charge in [0, 0.05) is 38.8 Å². The lowest BCUT2D eigenvalue weighted by Gasteiger charge is -2.34. The molecule has 34 heavy (non-hydrogen) atoms. The average Bonchev–Trinajstić information content (AvgIpc) is 3.20. The molecular formula is C26H35N5O3. The Morgan fingerprint density at radius 2 is 1.68 bits per heavy atom. The Balaban J connectivity index is 1.52. The van der Waals surface area contributed by atoms with Crippen LogP contribution in [0, 0.1) is 0 Å². The molecular weight excluding hydrogens is 430 g/mol. The molecule has 1 aromatic heterocycles. The van der Waals surface area contributed by atoms with Crippen LogP contribution in [0.2, 0.25) is 0 Å². The minimum absolute atomic E-state index is 0.0243. The third kappa shape index (κ3) is 5.18. The van der Waals surface area contributed by atoms with E-state index in [0.29, 0.717) is 22.6 Å². The fourth-order valence-corrected chi connectivity index (χ4v) is 4.51. The third-order valence-corrected chi connectivity index (χ3v) is 6.57. The lowest BCUT2D eigenvalue weighted by atomic mass is 9.98. The Kier molecular flexibility index (Phi) is 7.38. The Labute approximate surface area is 200 Å². The lowest BCUT2D eigenvalue weighted by molar-refractivity contribution is 0.126. The maximum Gasteiger partial charge on any atom is 0.348 e. The first-order valence-corrected chi connectivity index (χ1v) is 12.1. The van der Waals surface area contributed by atoms with Gasteiger partial charge in [-0.15, -0.1) is 0 Å². The number of piperazine rings is 1. The molecule has 0 amide bonds. The van der Waals surface area contributed by atoms with E-state index in [1.165, 1.54) is 35.6 Å². The maximum atomic E-state index is 12.6. The van der Waals surface area contributed by atoms with Crippen molar-refractivity contribution in [1.29, 1.82) is 0 Å². The van der Waals surface area contributed by atoms with Crippen LogP contribution in [-0.2, 0) is 6.54 Å². The fourth-order valence-electron chi connectivity index (χ4n) is 4.51. The first kappa shape index (κ1) is 24.0. The SMILES string of the molecule is CCCCN1CCN(Cc2ccc(-n3c(-c4cc(C(C)C)c(O)cc4O)n[nH]c3=O)cc2)CC1. The predicted molar refractivity (Wildman–Crippen MR) is 134 cm³/mol. The van der Waals surface area contributed by atoms with E-state index in [4.69, 9.17) is 0 Å². The summed E-state index contributed by atoms with van der Waals surface area (Å²) in [6, 6.07) is 10.9. The van der Waals surface area contributed by atoms with Crippen LogP contribution in [0.25, 0.3) is 17.1 Å². The zero-order valence-electron chi connectivity index (χ0n) is 20.3. The van der Waals surface area contributed by atoms with E-state index in [1.807, 2.05) is 38.1 Å². The largest absolute Gasteiger partial charge is 0.508 e. The number of phenolic OH excluding ortho intramolecular Hbond substituents is 2. The molecule has 1 fully saturated rings. The highest BCUT2D eigenvalue weighted by atomic mass is 16.3. The smallest absolute Gasteiger partial charge is 0.348 e. The van der Waals surface area contributed by atoms with Crippen molar-refractivity contribution in [3.8, 4) is 28.6 Å². The van der Waals surface area contributed by atoms with Crippen LogP contribution in [0.1, 0.15) is 50.7 Å². The highest BCUT2D eigenvalue weighted by Crippen LogP contribution is 2.37. The topological polar surface area (TPSA) is 97.6 Å². The maximum absolute atomic E-state index is 12.6. The van der Waals surface area contributed by atoms with Crippen molar-refractivity contribution in [3.63, 3.8) is 0 Å². The van der Waals surface area contributed by atoms with Crippen LogP contribution in [0.5, 0.6) is 11.5 Å². The van der Waals surface area contributed by atoms with Gasteiger partial charge in [-0.25, -0.2) is 14.5 Å². The van der Waals surface area contributed by atoms with Gasteiger partial charge in [0.2, 0.25) is 0 Å². The Morgan fingerprint density at radius 1 is 1.00 bits per heavy atom. The zero-order valence-corrected chi connectivity index (χ0v) is 20.3. The molecule has 0 saturated carbocycles. The van der Waals surface area contributed by atoms with E-state index < -0.39 is 0 Å². The second-order valence-electron chi connectivity index (χ2n) is 9.41. The molecule has 8 heteroatoms. The van der Waals surface area contributed by atoms with Crippen LogP contribution < -0.4 is 5.69 Å². The summed E-state index contributed by atoms with van der Waals surface area (Å²) in [6.45, 7) is 12.6. The number of aromatic hydroxyl groups is 2. The molecule has 4 rings (SSSR count). The molecule has 1 aliphatic heterocycles. The molecule has 0 atom stereocenters. The molecule has 0 radical (unpaired) electrons. The first-order chi connectivity index (χ1) is 16.4. The van der Waals surface area contributed by atoms with Gasteiger partial charge in [-0.05, 0) is 48.2 Å². The van der Waals surface area contributed by atoms with Crippen LogP contribution in [0.3, 0.4) is 0 Å². The molecule has 1 saturated heterocycles. The molecule has 0 bridgehead atoms. The number of H-pyrrole nitrogens is 1.